The Labute approximate surface area is 167 Å². The van der Waals surface area contributed by atoms with Crippen molar-refractivity contribution in [3.8, 4) is 0 Å². The number of aromatic nitrogens is 1. The molecule has 0 saturated carbocycles. The van der Waals surface area contributed by atoms with Crippen molar-refractivity contribution in [2.24, 2.45) is 5.92 Å². The predicted molar refractivity (Wildman–Crippen MR) is 115 cm³/mol. The summed E-state index contributed by atoms with van der Waals surface area (Å²) >= 11 is 0. The van der Waals surface area contributed by atoms with E-state index < -0.39 is 0 Å². The van der Waals surface area contributed by atoms with E-state index in [4.69, 9.17) is 0 Å². The topological polar surface area (TPSA) is 48.5 Å². The molecule has 1 amide bonds. The van der Waals surface area contributed by atoms with Gasteiger partial charge in [0.1, 0.15) is 5.69 Å². The first-order valence-corrected chi connectivity index (χ1v) is 10.6. The zero-order chi connectivity index (χ0) is 19.3. The number of rotatable bonds is 4. The highest BCUT2D eigenvalue weighted by Gasteiger charge is 2.18. The van der Waals surface area contributed by atoms with Crippen LogP contribution < -0.4 is 15.1 Å². The third-order valence-electron chi connectivity index (χ3n) is 5.97. The molecule has 0 spiro atoms. The zero-order valence-electron chi connectivity index (χ0n) is 16.7. The van der Waals surface area contributed by atoms with E-state index in [1.54, 1.807) is 6.20 Å². The highest BCUT2D eigenvalue weighted by atomic mass is 16.1. The van der Waals surface area contributed by atoms with E-state index in [0.717, 1.165) is 43.5 Å². The van der Waals surface area contributed by atoms with Crippen molar-refractivity contribution in [3.05, 3.63) is 48.3 Å². The number of anilines is 3. The van der Waals surface area contributed by atoms with Crippen LogP contribution >= 0.6 is 0 Å². The molecule has 0 bridgehead atoms. The van der Waals surface area contributed by atoms with Crippen molar-refractivity contribution in [2.75, 3.05) is 41.3 Å². The molecule has 0 radical (unpaired) electrons. The van der Waals surface area contributed by atoms with E-state index in [2.05, 4.69) is 39.2 Å². The predicted octanol–water partition coefficient (Wildman–Crippen LogP) is 4.56. The van der Waals surface area contributed by atoms with Crippen LogP contribution in [0.2, 0.25) is 0 Å². The molecule has 2 fully saturated rings. The molecule has 4 rings (SSSR count). The monoisotopic (exact) mass is 378 g/mol. The minimum absolute atomic E-state index is 0.155. The number of carbonyl (C=O) groups is 1. The second-order valence-corrected chi connectivity index (χ2v) is 8.12. The molecule has 1 aromatic heterocycles. The fraction of sp³-hybridized carbons (Fsp3) is 0.478. The average molecular weight is 379 g/mol. The minimum atomic E-state index is -0.155. The van der Waals surface area contributed by atoms with Gasteiger partial charge in [0.15, 0.2) is 0 Å². The molecule has 28 heavy (non-hydrogen) atoms. The lowest BCUT2D eigenvalue weighted by atomic mass is 9.99. The van der Waals surface area contributed by atoms with E-state index >= 15 is 0 Å². The van der Waals surface area contributed by atoms with E-state index in [0.29, 0.717) is 5.69 Å². The number of nitrogens with one attached hydrogen (secondary N) is 1. The molecule has 2 aliphatic heterocycles. The summed E-state index contributed by atoms with van der Waals surface area (Å²) in [4.78, 5) is 21.7. The van der Waals surface area contributed by atoms with Crippen LogP contribution in [0.1, 0.15) is 49.5 Å². The van der Waals surface area contributed by atoms with Crippen LogP contribution in [0, 0.1) is 5.92 Å². The molecule has 5 heteroatoms. The number of pyridine rings is 1. The Kier molecular flexibility index (Phi) is 5.79. The number of piperidine rings is 2. The molecule has 1 aromatic carbocycles. The molecule has 5 nitrogen and oxygen atoms in total. The first-order valence-electron chi connectivity index (χ1n) is 10.6. The summed E-state index contributed by atoms with van der Waals surface area (Å²) in [5, 5.41) is 2.99. The Hall–Kier alpha value is -2.56. The Morgan fingerprint density at radius 3 is 2.32 bits per heavy atom. The third kappa shape index (κ3) is 4.46. The normalized spacial score (nSPS) is 18.2. The second-order valence-electron chi connectivity index (χ2n) is 8.12. The lowest BCUT2D eigenvalue weighted by Gasteiger charge is -2.32. The molecule has 0 atom stereocenters. The summed E-state index contributed by atoms with van der Waals surface area (Å²) in [5.74, 6) is 0.631. The standard InChI is InChI=1S/C23H30N4O/c1-18-10-15-27(16-11-18)21-9-12-24-22(17-21)23(28)25-19-5-7-20(8-6-19)26-13-3-2-4-14-26/h5-9,12,17-18H,2-4,10-11,13-16H2,1H3,(H,25,28). The summed E-state index contributed by atoms with van der Waals surface area (Å²) in [7, 11) is 0. The van der Waals surface area contributed by atoms with Gasteiger partial charge in [-0.3, -0.25) is 9.78 Å². The number of benzene rings is 1. The molecule has 3 heterocycles. The van der Waals surface area contributed by atoms with Gasteiger partial charge in [0.25, 0.3) is 5.91 Å². The number of nitrogens with zero attached hydrogens (tertiary/aromatic N) is 3. The fourth-order valence-electron chi connectivity index (χ4n) is 4.11. The molecule has 2 aromatic rings. The van der Waals surface area contributed by atoms with E-state index in [9.17, 15) is 4.79 Å². The minimum Gasteiger partial charge on any atom is -0.372 e. The Morgan fingerprint density at radius 2 is 1.61 bits per heavy atom. The zero-order valence-corrected chi connectivity index (χ0v) is 16.7. The number of carbonyl (C=O) groups excluding carboxylic acids is 1. The van der Waals surface area contributed by atoms with Crippen LogP contribution in [0.5, 0.6) is 0 Å². The van der Waals surface area contributed by atoms with Gasteiger partial charge in [-0.2, -0.15) is 0 Å². The van der Waals surface area contributed by atoms with Crippen molar-refractivity contribution in [1.82, 2.24) is 4.98 Å². The van der Waals surface area contributed by atoms with Crippen molar-refractivity contribution in [1.29, 1.82) is 0 Å². The van der Waals surface area contributed by atoms with Gasteiger partial charge in [0, 0.05) is 49.4 Å². The van der Waals surface area contributed by atoms with Crippen LogP contribution in [-0.2, 0) is 0 Å². The number of amides is 1. The first-order chi connectivity index (χ1) is 13.7. The highest BCUT2D eigenvalue weighted by molar-refractivity contribution is 6.03. The van der Waals surface area contributed by atoms with Crippen LogP contribution in [0.15, 0.2) is 42.6 Å². The van der Waals surface area contributed by atoms with Crippen LogP contribution in [0.25, 0.3) is 0 Å². The van der Waals surface area contributed by atoms with Gasteiger partial charge in [-0.1, -0.05) is 6.92 Å². The number of hydrogen-bond acceptors (Lipinski definition) is 4. The maximum absolute atomic E-state index is 12.7. The summed E-state index contributed by atoms with van der Waals surface area (Å²) in [5.41, 5.74) is 3.60. The summed E-state index contributed by atoms with van der Waals surface area (Å²) < 4.78 is 0. The van der Waals surface area contributed by atoms with Gasteiger partial charge >= 0.3 is 0 Å². The summed E-state index contributed by atoms with van der Waals surface area (Å²) in [6, 6.07) is 12.1. The smallest absolute Gasteiger partial charge is 0.274 e. The van der Waals surface area contributed by atoms with Crippen LogP contribution in [-0.4, -0.2) is 37.1 Å². The first kappa shape index (κ1) is 18.8. The molecule has 0 aliphatic carbocycles. The molecule has 148 valence electrons. The van der Waals surface area contributed by atoms with Gasteiger partial charge in [0.2, 0.25) is 0 Å². The Bertz CT molecular complexity index is 791. The van der Waals surface area contributed by atoms with Gasteiger partial charge in [-0.05, 0) is 74.4 Å². The lowest BCUT2D eigenvalue weighted by Crippen LogP contribution is -2.33. The number of hydrogen-bond donors (Lipinski definition) is 1. The molecule has 2 saturated heterocycles. The SMILES string of the molecule is CC1CCN(c2ccnc(C(=O)Nc3ccc(N4CCCCC4)cc3)c2)CC1. The van der Waals surface area contributed by atoms with Crippen molar-refractivity contribution in [3.63, 3.8) is 0 Å². The largest absolute Gasteiger partial charge is 0.372 e. The highest BCUT2D eigenvalue weighted by Crippen LogP contribution is 2.24. The Morgan fingerprint density at radius 1 is 0.929 bits per heavy atom. The van der Waals surface area contributed by atoms with Crippen molar-refractivity contribution in [2.45, 2.75) is 39.0 Å². The van der Waals surface area contributed by atoms with Crippen molar-refractivity contribution >= 4 is 23.0 Å². The van der Waals surface area contributed by atoms with E-state index in [1.165, 1.54) is 37.8 Å². The van der Waals surface area contributed by atoms with Gasteiger partial charge in [-0.15, -0.1) is 0 Å². The second kappa shape index (κ2) is 8.63. The lowest BCUT2D eigenvalue weighted by molar-refractivity contribution is 0.102. The fourth-order valence-corrected chi connectivity index (χ4v) is 4.11. The van der Waals surface area contributed by atoms with E-state index in [1.807, 2.05) is 24.3 Å². The maximum atomic E-state index is 12.7. The molecule has 1 N–H and O–H groups in total. The van der Waals surface area contributed by atoms with Crippen LogP contribution in [0.3, 0.4) is 0 Å². The third-order valence-corrected chi connectivity index (χ3v) is 5.97. The van der Waals surface area contributed by atoms with Gasteiger partial charge < -0.3 is 15.1 Å². The summed E-state index contributed by atoms with van der Waals surface area (Å²) in [6.45, 7) is 6.64. The van der Waals surface area contributed by atoms with Gasteiger partial charge in [0.05, 0.1) is 0 Å². The maximum Gasteiger partial charge on any atom is 0.274 e. The Balaban J connectivity index is 1.40. The summed E-state index contributed by atoms with van der Waals surface area (Å²) in [6.07, 6.45) is 7.99. The molecule has 2 aliphatic rings. The average Bonchev–Trinajstić information content (AvgIpc) is 2.75. The van der Waals surface area contributed by atoms with Crippen LogP contribution in [0.4, 0.5) is 17.1 Å². The van der Waals surface area contributed by atoms with Crippen molar-refractivity contribution < 1.29 is 4.79 Å². The quantitative estimate of drug-likeness (QED) is 0.847. The molecular weight excluding hydrogens is 348 g/mol. The molecule has 0 unspecified atom stereocenters. The van der Waals surface area contributed by atoms with E-state index in [-0.39, 0.29) is 5.91 Å². The molecular formula is C23H30N4O. The van der Waals surface area contributed by atoms with Gasteiger partial charge in [-0.25, -0.2) is 0 Å².